The van der Waals surface area contributed by atoms with E-state index in [0.29, 0.717) is 29.3 Å². The van der Waals surface area contributed by atoms with Gasteiger partial charge < -0.3 is 10.6 Å². The molecule has 2 aromatic carbocycles. The lowest BCUT2D eigenvalue weighted by atomic mass is 10.1. The molecule has 2 N–H and O–H groups in total. The molecule has 4 aromatic rings. The summed E-state index contributed by atoms with van der Waals surface area (Å²) in [7, 11) is 0. The highest BCUT2D eigenvalue weighted by Gasteiger charge is 2.27. The molecule has 0 spiro atoms. The van der Waals surface area contributed by atoms with Gasteiger partial charge in [-0.1, -0.05) is 42.3 Å². The summed E-state index contributed by atoms with van der Waals surface area (Å²) >= 11 is 0. The summed E-state index contributed by atoms with van der Waals surface area (Å²) in [5.41, 5.74) is 7.42. The number of hydrogen-bond donors (Lipinski definition) is 1. The first kappa shape index (κ1) is 24.1. The molecular weight excluding hydrogens is 466 g/mol. The molecule has 0 unspecified atom stereocenters. The maximum atomic E-state index is 14.0. The van der Waals surface area contributed by atoms with Crippen molar-refractivity contribution in [3.8, 4) is 23.6 Å². The Kier molecular flexibility index (Phi) is 6.63. The second-order valence-electron chi connectivity index (χ2n) is 9.06. The van der Waals surface area contributed by atoms with Crippen LogP contribution >= 0.6 is 0 Å². The number of aromatic nitrogens is 4. The van der Waals surface area contributed by atoms with Crippen LogP contribution in [0.2, 0.25) is 0 Å². The van der Waals surface area contributed by atoms with Crippen LogP contribution in [0.1, 0.15) is 30.9 Å². The zero-order chi connectivity index (χ0) is 25.9. The van der Waals surface area contributed by atoms with Crippen molar-refractivity contribution in [2.45, 2.75) is 38.9 Å². The summed E-state index contributed by atoms with van der Waals surface area (Å²) in [6.07, 6.45) is 1.83. The number of nitriles is 1. The third-order valence-corrected chi connectivity index (χ3v) is 6.65. The predicted molar refractivity (Wildman–Crippen MR) is 143 cm³/mol. The fourth-order valence-corrected chi connectivity index (χ4v) is 4.85. The molecule has 37 heavy (non-hydrogen) atoms. The minimum absolute atomic E-state index is 0.00488. The van der Waals surface area contributed by atoms with Gasteiger partial charge in [-0.3, -0.25) is 13.9 Å². The molecule has 186 valence electrons. The fourth-order valence-electron chi connectivity index (χ4n) is 4.85. The van der Waals surface area contributed by atoms with E-state index in [-0.39, 0.29) is 30.3 Å². The smallest absolute Gasteiger partial charge is 0.337 e. The van der Waals surface area contributed by atoms with Gasteiger partial charge in [0.2, 0.25) is 5.95 Å². The molecular formula is C28H27N7O2. The Balaban J connectivity index is 1.84. The van der Waals surface area contributed by atoms with Gasteiger partial charge in [-0.25, -0.2) is 9.36 Å². The van der Waals surface area contributed by atoms with Gasteiger partial charge in [0, 0.05) is 19.1 Å². The normalized spacial score (nSPS) is 15.3. The summed E-state index contributed by atoms with van der Waals surface area (Å²) in [6, 6.07) is 18.2. The Hall–Kier alpha value is -4.60. The summed E-state index contributed by atoms with van der Waals surface area (Å²) in [5, 5.41) is 9.58. The van der Waals surface area contributed by atoms with Gasteiger partial charge in [0.1, 0.15) is 0 Å². The molecule has 5 rings (SSSR count). The molecule has 1 saturated heterocycles. The standard InChI is InChI=1S/C28H27N7O2/c1-2-3-16-33-24-25(31-27(33)32-15-9-12-22(30)19-32)35(23-13-5-4-6-14-23)28(37)34(26(24)36)18-21-11-8-7-10-20(21)17-29/h4-8,10-11,13-14,22H,9,12,15-16,18-19,30H2,1H3/t22-/m1/s1. The number of nitrogens with zero attached hydrogens (tertiary/aromatic N) is 6. The molecule has 0 bridgehead atoms. The Bertz CT molecular complexity index is 1680. The van der Waals surface area contributed by atoms with E-state index < -0.39 is 11.2 Å². The SMILES string of the molecule is CC#CCn1c(N2CCC[C@@H](N)C2)nc2c1c(=O)n(Cc1ccccc1C#N)c(=O)n2-c1ccccc1. The third-order valence-electron chi connectivity index (χ3n) is 6.65. The van der Waals surface area contributed by atoms with E-state index in [1.807, 2.05) is 18.2 Å². The number of fused-ring (bicyclic) bond motifs is 1. The lowest BCUT2D eigenvalue weighted by molar-refractivity contribution is 0.496. The number of rotatable bonds is 5. The summed E-state index contributed by atoms with van der Waals surface area (Å²) in [4.78, 5) is 34.8. The molecule has 9 nitrogen and oxygen atoms in total. The number of anilines is 1. The lowest BCUT2D eigenvalue weighted by Gasteiger charge is -2.31. The summed E-state index contributed by atoms with van der Waals surface area (Å²) < 4.78 is 4.43. The highest BCUT2D eigenvalue weighted by molar-refractivity contribution is 5.77. The monoisotopic (exact) mass is 493 g/mol. The van der Waals surface area contributed by atoms with E-state index in [2.05, 4.69) is 22.8 Å². The van der Waals surface area contributed by atoms with Crippen LogP contribution in [0.25, 0.3) is 16.9 Å². The zero-order valence-corrected chi connectivity index (χ0v) is 20.6. The van der Waals surface area contributed by atoms with Crippen LogP contribution in [0.5, 0.6) is 0 Å². The van der Waals surface area contributed by atoms with Crippen molar-refractivity contribution in [1.29, 1.82) is 5.26 Å². The molecule has 9 heteroatoms. The Morgan fingerprint density at radius 1 is 1.08 bits per heavy atom. The van der Waals surface area contributed by atoms with Gasteiger partial charge in [0.15, 0.2) is 11.2 Å². The van der Waals surface area contributed by atoms with Crippen molar-refractivity contribution in [1.82, 2.24) is 18.7 Å². The molecule has 1 fully saturated rings. The van der Waals surface area contributed by atoms with Crippen LogP contribution in [0.4, 0.5) is 5.95 Å². The van der Waals surface area contributed by atoms with Crippen LogP contribution in [-0.2, 0) is 13.1 Å². The van der Waals surface area contributed by atoms with Crippen molar-refractivity contribution in [2.75, 3.05) is 18.0 Å². The van der Waals surface area contributed by atoms with Crippen LogP contribution in [0.3, 0.4) is 0 Å². The molecule has 0 aliphatic carbocycles. The van der Waals surface area contributed by atoms with E-state index in [4.69, 9.17) is 10.7 Å². The second-order valence-corrected chi connectivity index (χ2v) is 9.06. The van der Waals surface area contributed by atoms with E-state index in [9.17, 15) is 14.9 Å². The molecule has 1 atom stereocenters. The van der Waals surface area contributed by atoms with Crippen molar-refractivity contribution in [3.05, 3.63) is 86.6 Å². The lowest BCUT2D eigenvalue weighted by Crippen LogP contribution is -2.44. The second kappa shape index (κ2) is 10.2. The van der Waals surface area contributed by atoms with Crippen molar-refractivity contribution < 1.29 is 0 Å². The highest BCUT2D eigenvalue weighted by atomic mass is 16.2. The molecule has 1 aliphatic heterocycles. The molecule has 0 saturated carbocycles. The van der Waals surface area contributed by atoms with E-state index in [0.717, 1.165) is 19.4 Å². The number of para-hydroxylation sites is 1. The quantitative estimate of drug-likeness (QED) is 0.427. The maximum Gasteiger partial charge on any atom is 0.337 e. The van der Waals surface area contributed by atoms with E-state index in [1.165, 1.54) is 9.13 Å². The fraction of sp³-hybridized carbons (Fsp3) is 0.286. The van der Waals surface area contributed by atoms with Gasteiger partial charge in [0.05, 0.1) is 30.4 Å². The van der Waals surface area contributed by atoms with E-state index in [1.54, 1.807) is 47.9 Å². The average molecular weight is 494 g/mol. The average Bonchev–Trinajstić information content (AvgIpc) is 3.30. The van der Waals surface area contributed by atoms with Crippen LogP contribution < -0.4 is 21.9 Å². The van der Waals surface area contributed by atoms with Crippen molar-refractivity contribution in [3.63, 3.8) is 0 Å². The number of piperidine rings is 1. The first-order valence-corrected chi connectivity index (χ1v) is 12.2. The minimum Gasteiger partial charge on any atom is -0.341 e. The maximum absolute atomic E-state index is 14.0. The minimum atomic E-state index is -0.524. The van der Waals surface area contributed by atoms with E-state index >= 15 is 0 Å². The van der Waals surface area contributed by atoms with Gasteiger partial charge in [-0.2, -0.15) is 10.2 Å². The van der Waals surface area contributed by atoms with Gasteiger partial charge in [-0.05, 0) is 43.5 Å². The number of hydrogen-bond acceptors (Lipinski definition) is 6. The molecule has 2 aromatic heterocycles. The highest BCUT2D eigenvalue weighted by Crippen LogP contribution is 2.24. The zero-order valence-electron chi connectivity index (χ0n) is 20.6. The van der Waals surface area contributed by atoms with Gasteiger partial charge in [0.25, 0.3) is 5.56 Å². The van der Waals surface area contributed by atoms with Gasteiger partial charge >= 0.3 is 5.69 Å². The molecule has 1 aliphatic rings. The largest absolute Gasteiger partial charge is 0.341 e. The van der Waals surface area contributed by atoms with Crippen molar-refractivity contribution >= 4 is 17.1 Å². The Morgan fingerprint density at radius 3 is 2.57 bits per heavy atom. The number of benzene rings is 2. The topological polar surface area (TPSA) is 115 Å². The molecule has 0 radical (unpaired) electrons. The van der Waals surface area contributed by atoms with Crippen LogP contribution in [-0.4, -0.2) is 37.8 Å². The predicted octanol–water partition coefficient (Wildman–Crippen LogP) is 2.22. The number of imidazole rings is 1. The molecule has 3 heterocycles. The first-order valence-electron chi connectivity index (χ1n) is 12.2. The van der Waals surface area contributed by atoms with Crippen LogP contribution in [0, 0.1) is 23.2 Å². The Labute approximate surface area is 214 Å². The summed E-state index contributed by atoms with van der Waals surface area (Å²) in [6.45, 7) is 3.29. The van der Waals surface area contributed by atoms with Gasteiger partial charge in [-0.15, -0.1) is 5.92 Å². The number of nitrogens with two attached hydrogens (primary N) is 1. The van der Waals surface area contributed by atoms with Crippen LogP contribution in [0.15, 0.2) is 64.2 Å². The summed E-state index contributed by atoms with van der Waals surface area (Å²) in [5.74, 6) is 6.53. The van der Waals surface area contributed by atoms with Crippen molar-refractivity contribution in [2.24, 2.45) is 5.73 Å². The Morgan fingerprint density at radius 2 is 1.84 bits per heavy atom. The molecule has 0 amide bonds. The first-order chi connectivity index (χ1) is 18.0. The third kappa shape index (κ3) is 4.42.